The minimum Gasteiger partial charge on any atom is -0.375 e. The number of carbonyl (C=O) groups is 1. The highest BCUT2D eigenvalue weighted by molar-refractivity contribution is 7.13. The molecule has 4 nitrogen and oxygen atoms in total. The number of rotatable bonds is 4. The van der Waals surface area contributed by atoms with Crippen LogP contribution in [0.25, 0.3) is 0 Å². The predicted molar refractivity (Wildman–Crippen MR) is 73.2 cm³/mol. The fraction of sp³-hybridized carbons (Fsp3) is 0.231. The van der Waals surface area contributed by atoms with Crippen molar-refractivity contribution in [2.24, 2.45) is 0 Å². The third-order valence-corrected chi connectivity index (χ3v) is 3.36. The Hall–Kier alpha value is -1.95. The Morgan fingerprint density at radius 1 is 1.58 bits per heavy atom. The first-order valence-electron chi connectivity index (χ1n) is 5.79. The number of hydrogen-bond donors (Lipinski definition) is 2. The van der Waals surface area contributed by atoms with Crippen LogP contribution in [0.1, 0.15) is 24.2 Å². The molecule has 100 valence electrons. The normalized spacial score (nSPS) is 12.1. The lowest BCUT2D eigenvalue weighted by molar-refractivity contribution is -0.121. The van der Waals surface area contributed by atoms with Crippen LogP contribution in [0.15, 0.2) is 29.6 Å². The molecule has 1 atom stereocenters. The summed E-state index contributed by atoms with van der Waals surface area (Å²) in [5.74, 6) is -0.479. The van der Waals surface area contributed by atoms with Crippen LogP contribution in [-0.2, 0) is 11.2 Å². The Kier molecular flexibility index (Phi) is 4.11. The van der Waals surface area contributed by atoms with E-state index in [0.29, 0.717) is 10.8 Å². The van der Waals surface area contributed by atoms with E-state index in [0.717, 1.165) is 5.56 Å². The molecule has 0 radical (unpaired) electrons. The smallest absolute Gasteiger partial charge is 0.226 e. The number of carbonyl (C=O) groups excluding carboxylic acids is 1. The summed E-state index contributed by atoms with van der Waals surface area (Å²) in [4.78, 5) is 15.8. The number of thiazole rings is 1. The number of anilines is 1. The zero-order valence-corrected chi connectivity index (χ0v) is 11.2. The lowest BCUT2D eigenvalue weighted by Gasteiger charge is -2.13. The molecular formula is C13H14FN3OS. The number of nitrogens with one attached hydrogen (secondary N) is 1. The van der Waals surface area contributed by atoms with E-state index in [1.807, 2.05) is 6.92 Å². The van der Waals surface area contributed by atoms with E-state index < -0.39 is 0 Å². The summed E-state index contributed by atoms with van der Waals surface area (Å²) in [5, 5.41) is 5.00. The fourth-order valence-electron chi connectivity index (χ4n) is 1.72. The van der Waals surface area contributed by atoms with E-state index in [9.17, 15) is 9.18 Å². The Bertz CT molecular complexity index is 585. The summed E-state index contributed by atoms with van der Waals surface area (Å²) in [6, 6.07) is 5.92. The van der Waals surface area contributed by atoms with Crippen LogP contribution in [0.4, 0.5) is 9.52 Å². The van der Waals surface area contributed by atoms with Crippen molar-refractivity contribution < 1.29 is 9.18 Å². The molecule has 0 bridgehead atoms. The number of nitrogen functional groups attached to an aromatic ring is 1. The van der Waals surface area contributed by atoms with Gasteiger partial charge in [0.05, 0.1) is 18.2 Å². The molecule has 0 saturated heterocycles. The van der Waals surface area contributed by atoms with Gasteiger partial charge in [0.1, 0.15) is 5.82 Å². The third kappa shape index (κ3) is 3.75. The van der Waals surface area contributed by atoms with Crippen molar-refractivity contribution in [3.63, 3.8) is 0 Å². The molecule has 2 aromatic rings. The number of aromatic nitrogens is 1. The van der Waals surface area contributed by atoms with Gasteiger partial charge in [-0.05, 0) is 24.6 Å². The van der Waals surface area contributed by atoms with E-state index in [1.54, 1.807) is 17.5 Å². The van der Waals surface area contributed by atoms with Crippen LogP contribution in [-0.4, -0.2) is 10.9 Å². The monoisotopic (exact) mass is 279 g/mol. The average molecular weight is 279 g/mol. The molecule has 6 heteroatoms. The highest BCUT2D eigenvalue weighted by Crippen LogP contribution is 2.15. The number of benzene rings is 1. The van der Waals surface area contributed by atoms with Crippen LogP contribution in [0.3, 0.4) is 0 Å². The highest BCUT2D eigenvalue weighted by Gasteiger charge is 2.12. The first kappa shape index (κ1) is 13.5. The molecule has 1 aromatic heterocycles. The van der Waals surface area contributed by atoms with Gasteiger partial charge in [-0.15, -0.1) is 11.3 Å². The van der Waals surface area contributed by atoms with Gasteiger partial charge in [0.2, 0.25) is 5.91 Å². The van der Waals surface area contributed by atoms with Gasteiger partial charge < -0.3 is 11.1 Å². The van der Waals surface area contributed by atoms with Gasteiger partial charge >= 0.3 is 0 Å². The quantitative estimate of drug-likeness (QED) is 0.902. The van der Waals surface area contributed by atoms with E-state index in [-0.39, 0.29) is 24.2 Å². The van der Waals surface area contributed by atoms with Crippen molar-refractivity contribution in [3.8, 4) is 0 Å². The molecule has 0 aliphatic heterocycles. The second kappa shape index (κ2) is 5.79. The van der Waals surface area contributed by atoms with Gasteiger partial charge in [-0.1, -0.05) is 12.1 Å². The Morgan fingerprint density at radius 2 is 2.37 bits per heavy atom. The van der Waals surface area contributed by atoms with Crippen LogP contribution < -0.4 is 11.1 Å². The van der Waals surface area contributed by atoms with Crippen molar-refractivity contribution in [3.05, 3.63) is 46.7 Å². The largest absolute Gasteiger partial charge is 0.375 e. The molecule has 0 spiro atoms. The minimum absolute atomic E-state index is 0.165. The summed E-state index contributed by atoms with van der Waals surface area (Å²) in [6.07, 6.45) is 0.174. The topological polar surface area (TPSA) is 68.0 Å². The van der Waals surface area contributed by atoms with Gasteiger partial charge in [-0.2, -0.15) is 0 Å². The van der Waals surface area contributed by atoms with Crippen molar-refractivity contribution in [2.75, 3.05) is 5.73 Å². The molecule has 2 rings (SSSR count). The van der Waals surface area contributed by atoms with Crippen LogP contribution in [0.5, 0.6) is 0 Å². The van der Waals surface area contributed by atoms with Crippen LogP contribution in [0.2, 0.25) is 0 Å². The maximum atomic E-state index is 13.1. The van der Waals surface area contributed by atoms with Crippen LogP contribution in [0, 0.1) is 5.82 Å². The molecule has 19 heavy (non-hydrogen) atoms. The standard InChI is InChI=1S/C13H14FN3OS/c1-8(9-3-2-4-10(14)5-9)16-12(18)6-11-7-19-13(15)17-11/h2-5,7-8H,6H2,1H3,(H2,15,17)(H,16,18)/t8-/m0/s1. The first-order chi connectivity index (χ1) is 9.04. The fourth-order valence-corrected chi connectivity index (χ4v) is 2.28. The molecule has 0 fully saturated rings. The second-order valence-corrected chi connectivity index (χ2v) is 5.09. The Morgan fingerprint density at radius 3 is 3.00 bits per heavy atom. The van der Waals surface area contributed by atoms with Gasteiger partial charge in [0.25, 0.3) is 0 Å². The number of hydrogen-bond acceptors (Lipinski definition) is 4. The van der Waals surface area contributed by atoms with Gasteiger partial charge in [0.15, 0.2) is 5.13 Å². The Labute approximate surface area is 114 Å². The van der Waals surface area contributed by atoms with Crippen molar-refractivity contribution in [2.45, 2.75) is 19.4 Å². The average Bonchev–Trinajstić information content (AvgIpc) is 2.74. The van der Waals surface area contributed by atoms with Crippen molar-refractivity contribution in [1.82, 2.24) is 10.3 Å². The predicted octanol–water partition coefficient (Wildman–Crippen LogP) is 2.28. The zero-order chi connectivity index (χ0) is 13.8. The number of amides is 1. The second-order valence-electron chi connectivity index (χ2n) is 4.20. The van der Waals surface area contributed by atoms with Crippen LogP contribution >= 0.6 is 11.3 Å². The summed E-state index contributed by atoms with van der Waals surface area (Å²) in [5.41, 5.74) is 6.87. The SMILES string of the molecule is C[C@H](NC(=O)Cc1csc(N)n1)c1cccc(F)c1. The highest BCUT2D eigenvalue weighted by atomic mass is 32.1. The number of halogens is 1. The van der Waals surface area contributed by atoms with Gasteiger partial charge in [0, 0.05) is 5.38 Å². The van der Waals surface area contributed by atoms with Gasteiger partial charge in [-0.3, -0.25) is 4.79 Å². The molecular weight excluding hydrogens is 265 g/mol. The molecule has 3 N–H and O–H groups in total. The van der Waals surface area contributed by atoms with E-state index in [4.69, 9.17) is 5.73 Å². The molecule has 1 amide bonds. The maximum absolute atomic E-state index is 13.1. The van der Waals surface area contributed by atoms with Crippen molar-refractivity contribution >= 4 is 22.4 Å². The third-order valence-electron chi connectivity index (χ3n) is 2.64. The van der Waals surface area contributed by atoms with E-state index >= 15 is 0 Å². The Balaban J connectivity index is 1.95. The molecule has 1 heterocycles. The lowest BCUT2D eigenvalue weighted by Crippen LogP contribution is -2.28. The minimum atomic E-state index is -0.314. The zero-order valence-electron chi connectivity index (χ0n) is 10.4. The number of nitrogens with zero attached hydrogens (tertiary/aromatic N) is 1. The molecule has 0 aliphatic carbocycles. The van der Waals surface area contributed by atoms with Gasteiger partial charge in [-0.25, -0.2) is 9.37 Å². The maximum Gasteiger partial charge on any atom is 0.226 e. The summed E-state index contributed by atoms with van der Waals surface area (Å²) < 4.78 is 13.1. The number of nitrogens with two attached hydrogens (primary N) is 1. The van der Waals surface area contributed by atoms with Crippen molar-refractivity contribution in [1.29, 1.82) is 0 Å². The van der Waals surface area contributed by atoms with E-state index in [2.05, 4.69) is 10.3 Å². The molecule has 0 aliphatic rings. The summed E-state index contributed by atoms with van der Waals surface area (Å²) >= 11 is 1.30. The molecule has 1 aromatic carbocycles. The van der Waals surface area contributed by atoms with E-state index in [1.165, 1.54) is 23.5 Å². The summed E-state index contributed by atoms with van der Waals surface area (Å²) in [7, 11) is 0. The first-order valence-corrected chi connectivity index (χ1v) is 6.67. The lowest BCUT2D eigenvalue weighted by atomic mass is 10.1. The summed E-state index contributed by atoms with van der Waals surface area (Å²) in [6.45, 7) is 1.81. The molecule has 0 saturated carbocycles. The molecule has 0 unspecified atom stereocenters.